The number of hydrogen-bond acceptors (Lipinski definition) is 2. The fraction of sp³-hybridized carbons (Fsp3) is 0.571. The van der Waals surface area contributed by atoms with E-state index < -0.39 is 0 Å². The van der Waals surface area contributed by atoms with Crippen LogP contribution in [-0.2, 0) is 5.41 Å². The molecule has 1 aromatic rings. The molecule has 88 valence electrons. The summed E-state index contributed by atoms with van der Waals surface area (Å²) in [5.74, 6) is 1.00. The number of phenolic OH excluding ortho intramolecular Hbond substituents is 1. The molecular weight excluding hydrogens is 198 g/mol. The molecule has 1 aliphatic rings. The molecule has 2 unspecified atom stereocenters. The standard InChI is InChI=1S/C14H21NO/c1-3-14(7-8-15-10-11(14)2)12-5-4-6-13(16)9-12/h4-6,9,11,15-16H,3,7-8,10H2,1-2H3. The zero-order valence-electron chi connectivity index (χ0n) is 10.2. The van der Waals surface area contributed by atoms with Crippen LogP contribution in [0, 0.1) is 5.92 Å². The third-order valence-corrected chi connectivity index (χ3v) is 4.19. The van der Waals surface area contributed by atoms with Crippen molar-refractivity contribution >= 4 is 0 Å². The van der Waals surface area contributed by atoms with Gasteiger partial charge in [0.05, 0.1) is 0 Å². The van der Waals surface area contributed by atoms with E-state index in [1.165, 1.54) is 5.56 Å². The number of piperidine rings is 1. The van der Waals surface area contributed by atoms with Crippen LogP contribution in [-0.4, -0.2) is 18.2 Å². The average molecular weight is 219 g/mol. The summed E-state index contributed by atoms with van der Waals surface area (Å²) in [4.78, 5) is 0. The highest BCUT2D eigenvalue weighted by Gasteiger charge is 2.38. The number of aromatic hydroxyl groups is 1. The Morgan fingerprint density at radius 2 is 2.31 bits per heavy atom. The maximum Gasteiger partial charge on any atom is 0.115 e. The topological polar surface area (TPSA) is 32.3 Å². The molecule has 1 aromatic carbocycles. The third kappa shape index (κ3) is 1.82. The first-order chi connectivity index (χ1) is 7.69. The van der Waals surface area contributed by atoms with E-state index in [-0.39, 0.29) is 5.41 Å². The number of benzene rings is 1. The number of nitrogens with one attached hydrogen (secondary N) is 1. The van der Waals surface area contributed by atoms with E-state index in [2.05, 4.69) is 25.2 Å². The molecule has 0 saturated carbocycles. The number of hydrogen-bond donors (Lipinski definition) is 2. The van der Waals surface area contributed by atoms with Gasteiger partial charge in [0.15, 0.2) is 0 Å². The largest absolute Gasteiger partial charge is 0.508 e. The molecule has 0 radical (unpaired) electrons. The van der Waals surface area contributed by atoms with Crippen LogP contribution in [0.1, 0.15) is 32.3 Å². The van der Waals surface area contributed by atoms with Gasteiger partial charge in [-0.05, 0) is 49.5 Å². The van der Waals surface area contributed by atoms with Crippen molar-refractivity contribution in [3.8, 4) is 5.75 Å². The van der Waals surface area contributed by atoms with Gasteiger partial charge in [-0.3, -0.25) is 0 Å². The lowest BCUT2D eigenvalue weighted by Gasteiger charge is -2.43. The molecule has 16 heavy (non-hydrogen) atoms. The summed E-state index contributed by atoms with van der Waals surface area (Å²) in [5.41, 5.74) is 1.54. The van der Waals surface area contributed by atoms with Gasteiger partial charge in [-0.2, -0.15) is 0 Å². The van der Waals surface area contributed by atoms with Gasteiger partial charge in [-0.1, -0.05) is 26.0 Å². The van der Waals surface area contributed by atoms with Crippen LogP contribution >= 0.6 is 0 Å². The van der Waals surface area contributed by atoms with Crippen LogP contribution in [0.25, 0.3) is 0 Å². The zero-order chi connectivity index (χ0) is 11.6. The van der Waals surface area contributed by atoms with Crippen LogP contribution < -0.4 is 5.32 Å². The maximum atomic E-state index is 9.62. The van der Waals surface area contributed by atoms with E-state index in [1.807, 2.05) is 12.1 Å². The Hall–Kier alpha value is -1.02. The number of phenols is 1. The average Bonchev–Trinajstić information content (AvgIpc) is 2.30. The number of rotatable bonds is 2. The normalized spacial score (nSPS) is 30.2. The fourth-order valence-corrected chi connectivity index (χ4v) is 3.05. The molecule has 1 saturated heterocycles. The predicted octanol–water partition coefficient (Wildman–Crippen LogP) is 2.67. The predicted molar refractivity (Wildman–Crippen MR) is 66.7 cm³/mol. The monoisotopic (exact) mass is 219 g/mol. The van der Waals surface area contributed by atoms with Gasteiger partial charge in [0.2, 0.25) is 0 Å². The summed E-state index contributed by atoms with van der Waals surface area (Å²) >= 11 is 0. The minimum absolute atomic E-state index is 0.240. The first kappa shape index (κ1) is 11.5. The molecule has 2 heteroatoms. The van der Waals surface area contributed by atoms with Gasteiger partial charge in [0.25, 0.3) is 0 Å². The SMILES string of the molecule is CCC1(c2cccc(O)c2)CCNCC1C. The zero-order valence-corrected chi connectivity index (χ0v) is 10.2. The highest BCUT2D eigenvalue weighted by Crippen LogP contribution is 2.41. The van der Waals surface area contributed by atoms with Gasteiger partial charge < -0.3 is 10.4 Å². The van der Waals surface area contributed by atoms with Crippen LogP contribution in [0.5, 0.6) is 5.75 Å². The van der Waals surface area contributed by atoms with Gasteiger partial charge in [0.1, 0.15) is 5.75 Å². The van der Waals surface area contributed by atoms with Crippen molar-refractivity contribution in [3.05, 3.63) is 29.8 Å². The lowest BCUT2D eigenvalue weighted by Crippen LogP contribution is -2.46. The second-order valence-corrected chi connectivity index (χ2v) is 4.92. The van der Waals surface area contributed by atoms with Gasteiger partial charge in [-0.25, -0.2) is 0 Å². The summed E-state index contributed by atoms with van der Waals surface area (Å²) in [7, 11) is 0. The lowest BCUT2D eigenvalue weighted by atomic mass is 9.65. The molecule has 1 heterocycles. The molecule has 1 aliphatic heterocycles. The molecule has 2 rings (SSSR count). The molecule has 2 atom stereocenters. The second kappa shape index (κ2) is 4.46. The molecule has 0 aliphatic carbocycles. The molecule has 0 spiro atoms. The smallest absolute Gasteiger partial charge is 0.115 e. The molecule has 1 fully saturated rings. The maximum absolute atomic E-state index is 9.62. The molecular formula is C14H21NO. The fourth-order valence-electron chi connectivity index (χ4n) is 3.05. The first-order valence-corrected chi connectivity index (χ1v) is 6.19. The van der Waals surface area contributed by atoms with E-state index in [0.717, 1.165) is 25.9 Å². The van der Waals surface area contributed by atoms with Gasteiger partial charge >= 0.3 is 0 Å². The van der Waals surface area contributed by atoms with E-state index in [0.29, 0.717) is 11.7 Å². The van der Waals surface area contributed by atoms with Crippen LogP contribution in [0.2, 0.25) is 0 Å². The van der Waals surface area contributed by atoms with Crippen molar-refractivity contribution in [1.29, 1.82) is 0 Å². The van der Waals surface area contributed by atoms with Gasteiger partial charge in [0, 0.05) is 5.41 Å². The van der Waals surface area contributed by atoms with E-state index >= 15 is 0 Å². The molecule has 0 aromatic heterocycles. The quantitative estimate of drug-likeness (QED) is 0.801. The minimum atomic E-state index is 0.240. The highest BCUT2D eigenvalue weighted by atomic mass is 16.3. The third-order valence-electron chi connectivity index (χ3n) is 4.19. The van der Waals surface area contributed by atoms with Crippen LogP contribution in [0.15, 0.2) is 24.3 Å². The van der Waals surface area contributed by atoms with E-state index in [9.17, 15) is 5.11 Å². The Kier molecular flexibility index (Phi) is 3.20. The minimum Gasteiger partial charge on any atom is -0.508 e. The van der Waals surface area contributed by atoms with E-state index in [4.69, 9.17) is 0 Å². The van der Waals surface area contributed by atoms with Crippen molar-refractivity contribution < 1.29 is 5.11 Å². The van der Waals surface area contributed by atoms with Crippen molar-refractivity contribution in [3.63, 3.8) is 0 Å². The lowest BCUT2D eigenvalue weighted by molar-refractivity contribution is 0.207. The molecule has 2 N–H and O–H groups in total. The van der Waals surface area contributed by atoms with E-state index in [1.54, 1.807) is 6.07 Å². The Labute approximate surface area is 97.7 Å². The van der Waals surface area contributed by atoms with Crippen LogP contribution in [0.4, 0.5) is 0 Å². The van der Waals surface area contributed by atoms with Crippen LogP contribution in [0.3, 0.4) is 0 Å². The molecule has 0 amide bonds. The Bertz CT molecular complexity index is 364. The van der Waals surface area contributed by atoms with Crippen molar-refractivity contribution in [1.82, 2.24) is 5.32 Å². The summed E-state index contributed by atoms with van der Waals surface area (Å²) < 4.78 is 0. The Balaban J connectivity index is 2.40. The molecule has 2 nitrogen and oxygen atoms in total. The van der Waals surface area contributed by atoms with Gasteiger partial charge in [-0.15, -0.1) is 0 Å². The Morgan fingerprint density at radius 1 is 1.50 bits per heavy atom. The van der Waals surface area contributed by atoms with Crippen molar-refractivity contribution in [2.75, 3.05) is 13.1 Å². The highest BCUT2D eigenvalue weighted by molar-refractivity contribution is 5.34. The summed E-state index contributed by atoms with van der Waals surface area (Å²) in [6.07, 6.45) is 2.30. The molecule has 0 bridgehead atoms. The van der Waals surface area contributed by atoms with Crippen molar-refractivity contribution in [2.45, 2.75) is 32.1 Å². The van der Waals surface area contributed by atoms with Crippen molar-refractivity contribution in [2.24, 2.45) is 5.92 Å². The summed E-state index contributed by atoms with van der Waals surface area (Å²) in [5, 5.41) is 13.1. The summed E-state index contributed by atoms with van der Waals surface area (Å²) in [6.45, 7) is 6.71. The first-order valence-electron chi connectivity index (χ1n) is 6.19. The Morgan fingerprint density at radius 3 is 2.94 bits per heavy atom. The second-order valence-electron chi connectivity index (χ2n) is 4.92. The summed E-state index contributed by atoms with van der Waals surface area (Å²) in [6, 6.07) is 7.80.